The summed E-state index contributed by atoms with van der Waals surface area (Å²) in [6, 6.07) is 3.20. The number of likely N-dealkylation sites (tertiary alicyclic amines) is 2. The lowest BCUT2D eigenvalue weighted by Crippen LogP contribution is -2.43. The van der Waals surface area contributed by atoms with Crippen LogP contribution >= 0.6 is 22.6 Å². The third-order valence-electron chi connectivity index (χ3n) is 7.99. The number of fused-ring (bicyclic) bond motifs is 4. The zero-order valence-corrected chi connectivity index (χ0v) is 22.7. The number of carbonyl (C=O) groups excluding carboxylic acids is 6. The normalized spacial score (nSPS) is 29.9. The Bertz CT molecular complexity index is 1340. The Hall–Kier alpha value is -3.49. The number of amides is 6. The highest BCUT2D eigenvalue weighted by Gasteiger charge is 2.63. The van der Waals surface area contributed by atoms with Crippen molar-refractivity contribution in [2.45, 2.75) is 18.8 Å². The largest absolute Gasteiger partial charge is 0.504 e. The number of rotatable bonds is 2. The van der Waals surface area contributed by atoms with Crippen LogP contribution in [0.2, 0.25) is 0 Å². The molecule has 0 radical (unpaired) electrons. The summed E-state index contributed by atoms with van der Waals surface area (Å²) in [4.78, 5) is 79.0. The summed E-state index contributed by atoms with van der Waals surface area (Å²) in [6.45, 7) is 0. The summed E-state index contributed by atoms with van der Waals surface area (Å²) in [6.07, 6.45) is -0.249. The molecule has 6 amide bonds. The molecule has 0 spiro atoms. The van der Waals surface area contributed by atoms with Crippen molar-refractivity contribution in [1.82, 2.24) is 9.80 Å². The van der Waals surface area contributed by atoms with Gasteiger partial charge in [0.25, 0.3) is 0 Å². The standard InChI is InChI=1S/C25H23IN2O10/c1-36-15-7-9(6-14(26)19(15)29)16-10-4-5-11-17(22(32)27(20(11)30)24(34)37-2)12(10)8-13-18(16)23(33)28(21(13)31)25(35)38-3/h4,6-7,11-13,16-18,29H,5,8H2,1-3H3/t11-,12+,13+,16-,17-,18+/m0/s1. The Kier molecular flexibility index (Phi) is 6.44. The van der Waals surface area contributed by atoms with E-state index in [2.05, 4.69) is 9.47 Å². The summed E-state index contributed by atoms with van der Waals surface area (Å²) < 4.78 is 15.1. The van der Waals surface area contributed by atoms with Gasteiger partial charge < -0.3 is 19.3 Å². The lowest BCUT2D eigenvalue weighted by molar-refractivity contribution is -0.139. The maximum absolute atomic E-state index is 13.5. The lowest BCUT2D eigenvalue weighted by atomic mass is 9.57. The van der Waals surface area contributed by atoms with Crippen LogP contribution in [0.4, 0.5) is 9.59 Å². The molecule has 13 heteroatoms. The van der Waals surface area contributed by atoms with Gasteiger partial charge >= 0.3 is 12.2 Å². The fourth-order valence-electron chi connectivity index (χ4n) is 6.43. The van der Waals surface area contributed by atoms with Crippen LogP contribution in [-0.2, 0) is 28.7 Å². The van der Waals surface area contributed by atoms with Crippen molar-refractivity contribution < 1.29 is 48.1 Å². The maximum Gasteiger partial charge on any atom is 0.423 e. The Morgan fingerprint density at radius 3 is 2.03 bits per heavy atom. The van der Waals surface area contributed by atoms with Gasteiger partial charge in [-0.1, -0.05) is 11.6 Å². The SMILES string of the molecule is COC(=O)N1C(=O)[C@H]2[C@H](CC=C3[C@H]2C[C@H]2C(=O)N(C(=O)OC)C(=O)[C@H]2[C@H]3c2cc(I)c(O)c(OC)c2)C1=O. The van der Waals surface area contributed by atoms with Gasteiger partial charge in [0.1, 0.15) is 0 Å². The van der Waals surface area contributed by atoms with Crippen LogP contribution < -0.4 is 4.74 Å². The van der Waals surface area contributed by atoms with E-state index in [0.29, 0.717) is 24.5 Å². The average molecular weight is 638 g/mol. The van der Waals surface area contributed by atoms with Crippen LogP contribution in [0.1, 0.15) is 24.3 Å². The van der Waals surface area contributed by atoms with Crippen molar-refractivity contribution in [3.05, 3.63) is 32.9 Å². The number of benzene rings is 1. The zero-order chi connectivity index (χ0) is 27.6. The number of hydrogen-bond acceptors (Lipinski definition) is 10. The van der Waals surface area contributed by atoms with Crippen LogP contribution in [0.25, 0.3) is 0 Å². The Labute approximate surface area is 230 Å². The van der Waals surface area contributed by atoms with E-state index in [1.807, 2.05) is 22.6 Å². The first kappa shape index (κ1) is 26.1. The van der Waals surface area contributed by atoms with Gasteiger partial charge in [-0.2, -0.15) is 9.80 Å². The number of phenols is 1. The molecular weight excluding hydrogens is 615 g/mol. The number of nitrogens with zero attached hydrogens (tertiary/aromatic N) is 2. The fraction of sp³-hybridized carbons (Fsp3) is 0.440. The van der Waals surface area contributed by atoms with Crippen molar-refractivity contribution in [2.75, 3.05) is 21.3 Å². The van der Waals surface area contributed by atoms with E-state index in [1.165, 1.54) is 7.11 Å². The van der Waals surface area contributed by atoms with Crippen molar-refractivity contribution in [3.63, 3.8) is 0 Å². The second-order valence-corrected chi connectivity index (χ2v) is 10.7. The van der Waals surface area contributed by atoms with Crippen LogP contribution in [0, 0.1) is 33.2 Å². The topological polar surface area (TPSA) is 157 Å². The number of carbonyl (C=O) groups is 6. The van der Waals surface area contributed by atoms with Crippen LogP contribution in [0.5, 0.6) is 11.5 Å². The predicted molar refractivity (Wildman–Crippen MR) is 133 cm³/mol. The van der Waals surface area contributed by atoms with E-state index in [9.17, 15) is 33.9 Å². The minimum Gasteiger partial charge on any atom is -0.504 e. The number of halogens is 1. The minimum atomic E-state index is -1.11. The molecule has 1 aromatic rings. The molecule has 5 rings (SSSR count). The number of aromatic hydroxyl groups is 1. The molecule has 3 fully saturated rings. The van der Waals surface area contributed by atoms with Gasteiger partial charge in [-0.3, -0.25) is 19.2 Å². The number of phenolic OH excluding ortho intramolecular Hbond substituents is 1. The smallest absolute Gasteiger partial charge is 0.423 e. The third-order valence-corrected chi connectivity index (χ3v) is 8.81. The summed E-state index contributed by atoms with van der Waals surface area (Å²) in [5, 5.41) is 10.4. The quantitative estimate of drug-likeness (QED) is 0.289. The molecular formula is C25H23IN2O10. The lowest BCUT2D eigenvalue weighted by Gasteiger charge is -2.44. The highest BCUT2D eigenvalue weighted by atomic mass is 127. The molecule has 4 aliphatic rings. The fourth-order valence-corrected chi connectivity index (χ4v) is 7.06. The average Bonchev–Trinajstić information content (AvgIpc) is 3.31. The molecule has 2 aliphatic carbocycles. The van der Waals surface area contributed by atoms with Gasteiger partial charge in [0.05, 0.1) is 48.6 Å². The Morgan fingerprint density at radius 1 is 0.868 bits per heavy atom. The molecule has 38 heavy (non-hydrogen) atoms. The van der Waals surface area contributed by atoms with Gasteiger partial charge in [0, 0.05) is 5.92 Å². The predicted octanol–water partition coefficient (Wildman–Crippen LogP) is 2.17. The minimum absolute atomic E-state index is 0.0204. The molecule has 1 saturated carbocycles. The van der Waals surface area contributed by atoms with Gasteiger partial charge in [-0.05, 0) is 59.0 Å². The van der Waals surface area contributed by atoms with Crippen molar-refractivity contribution in [3.8, 4) is 11.5 Å². The van der Waals surface area contributed by atoms with Crippen LogP contribution in [-0.4, -0.2) is 72.1 Å². The first-order valence-corrected chi connectivity index (χ1v) is 12.8. The summed E-state index contributed by atoms with van der Waals surface area (Å²) in [5.74, 6) is -8.03. The summed E-state index contributed by atoms with van der Waals surface area (Å²) in [7, 11) is 3.51. The van der Waals surface area contributed by atoms with Gasteiger partial charge in [-0.15, -0.1) is 0 Å². The maximum atomic E-state index is 13.5. The molecule has 2 saturated heterocycles. The number of ether oxygens (including phenoxy) is 3. The zero-order valence-electron chi connectivity index (χ0n) is 20.5. The molecule has 0 bridgehead atoms. The first-order valence-electron chi connectivity index (χ1n) is 11.7. The van der Waals surface area contributed by atoms with E-state index in [-0.39, 0.29) is 24.3 Å². The van der Waals surface area contributed by atoms with E-state index in [1.54, 1.807) is 18.2 Å². The second kappa shape index (κ2) is 9.36. The van der Waals surface area contributed by atoms with E-state index >= 15 is 0 Å². The van der Waals surface area contributed by atoms with Gasteiger partial charge in [0.2, 0.25) is 23.6 Å². The first-order chi connectivity index (χ1) is 18.1. The number of allylic oxidation sites excluding steroid dienone is 2. The molecule has 1 aromatic carbocycles. The summed E-state index contributed by atoms with van der Waals surface area (Å²) in [5.41, 5.74) is 1.18. The molecule has 12 nitrogen and oxygen atoms in total. The second-order valence-electron chi connectivity index (χ2n) is 9.54. The molecule has 200 valence electrons. The molecule has 2 heterocycles. The van der Waals surface area contributed by atoms with Gasteiger partial charge in [-0.25, -0.2) is 9.59 Å². The highest BCUT2D eigenvalue weighted by molar-refractivity contribution is 14.1. The molecule has 0 unspecified atom stereocenters. The Morgan fingerprint density at radius 2 is 1.45 bits per heavy atom. The molecule has 6 atom stereocenters. The van der Waals surface area contributed by atoms with Crippen molar-refractivity contribution >= 4 is 58.4 Å². The van der Waals surface area contributed by atoms with E-state index in [4.69, 9.17) is 4.74 Å². The van der Waals surface area contributed by atoms with Crippen LogP contribution in [0.3, 0.4) is 0 Å². The monoisotopic (exact) mass is 638 g/mol. The number of imide groups is 6. The molecule has 2 aliphatic heterocycles. The van der Waals surface area contributed by atoms with E-state index < -0.39 is 71.3 Å². The molecule has 0 aromatic heterocycles. The van der Waals surface area contributed by atoms with Crippen molar-refractivity contribution in [2.24, 2.45) is 29.6 Å². The summed E-state index contributed by atoms with van der Waals surface area (Å²) >= 11 is 1.91. The third kappa shape index (κ3) is 3.54. The van der Waals surface area contributed by atoms with Crippen LogP contribution in [0.15, 0.2) is 23.8 Å². The van der Waals surface area contributed by atoms with Gasteiger partial charge in [0.15, 0.2) is 11.5 Å². The van der Waals surface area contributed by atoms with E-state index in [0.717, 1.165) is 14.2 Å². The molecule has 1 N–H and O–H groups in total. The highest BCUT2D eigenvalue weighted by Crippen LogP contribution is 2.58. The van der Waals surface area contributed by atoms with Crippen molar-refractivity contribution in [1.29, 1.82) is 0 Å². The number of hydrogen-bond donors (Lipinski definition) is 1. The number of methoxy groups -OCH3 is 3. The Balaban J connectivity index is 1.67.